The van der Waals surface area contributed by atoms with Crippen molar-refractivity contribution in [1.82, 2.24) is 4.98 Å². The molecule has 0 aliphatic rings. The van der Waals surface area contributed by atoms with Gasteiger partial charge in [-0.1, -0.05) is 37.6 Å². The van der Waals surface area contributed by atoms with E-state index in [0.717, 1.165) is 12.3 Å². The van der Waals surface area contributed by atoms with Gasteiger partial charge in [0.1, 0.15) is 17.8 Å². The van der Waals surface area contributed by atoms with E-state index in [-0.39, 0.29) is 28.6 Å². The molecule has 0 bridgehead atoms. The maximum Gasteiger partial charge on any atom is 0.288 e. The molecule has 2 aromatic rings. The largest absolute Gasteiger partial charge is 0.369 e. The predicted molar refractivity (Wildman–Crippen MR) is 92.3 cm³/mol. The van der Waals surface area contributed by atoms with Crippen molar-refractivity contribution >= 4 is 29.0 Å². The number of hydrogen-bond donors (Lipinski definition) is 2. The zero-order valence-electron chi connectivity index (χ0n) is 13.5. The molecule has 0 saturated carbocycles. The maximum atomic E-state index is 14.2. The molecule has 0 aliphatic carbocycles. The molecule has 1 aromatic carbocycles. The van der Waals surface area contributed by atoms with Crippen molar-refractivity contribution in [3.05, 3.63) is 62.5 Å². The summed E-state index contributed by atoms with van der Waals surface area (Å²) in [4.78, 5) is 25.5. The van der Waals surface area contributed by atoms with Gasteiger partial charge in [0.05, 0.1) is 15.5 Å². The van der Waals surface area contributed by atoms with Crippen molar-refractivity contribution in [2.24, 2.45) is 5.73 Å². The van der Waals surface area contributed by atoms with Gasteiger partial charge in [-0.05, 0) is 11.6 Å². The number of nitrogens with zero attached hydrogens (tertiary/aromatic N) is 2. The van der Waals surface area contributed by atoms with E-state index >= 15 is 0 Å². The Morgan fingerprint density at radius 1 is 1.48 bits per heavy atom. The summed E-state index contributed by atoms with van der Waals surface area (Å²) in [5.74, 6) is -1.29. The van der Waals surface area contributed by atoms with Crippen LogP contribution in [0.2, 0.25) is 5.02 Å². The third-order valence-electron chi connectivity index (χ3n) is 3.73. The Bertz CT molecular complexity index is 842. The SMILES string of the molecule is CC(C)(CNc1ncc([N+](=O)[O-])cc1C(N)=O)c1cccc(Cl)c1F. The lowest BCUT2D eigenvalue weighted by atomic mass is 9.84. The van der Waals surface area contributed by atoms with Gasteiger partial charge in [-0.15, -0.1) is 0 Å². The second-order valence-corrected chi connectivity index (χ2v) is 6.46. The number of carbonyl (C=O) groups is 1. The Balaban J connectivity index is 2.29. The molecular weight excluding hydrogens is 351 g/mol. The van der Waals surface area contributed by atoms with Gasteiger partial charge in [-0.2, -0.15) is 0 Å². The fourth-order valence-corrected chi connectivity index (χ4v) is 2.48. The molecule has 0 radical (unpaired) electrons. The number of carbonyl (C=O) groups excluding carboxylic acids is 1. The lowest BCUT2D eigenvalue weighted by Gasteiger charge is -2.27. The van der Waals surface area contributed by atoms with Crippen molar-refractivity contribution in [1.29, 1.82) is 0 Å². The first-order valence-corrected chi connectivity index (χ1v) is 7.64. The molecule has 0 unspecified atom stereocenters. The fourth-order valence-electron chi connectivity index (χ4n) is 2.31. The zero-order valence-corrected chi connectivity index (χ0v) is 14.3. The standard InChI is InChI=1S/C16H16ClFN4O3/c1-16(2,11-4-3-5-12(17)13(11)18)8-21-15-10(14(19)23)6-9(7-20-15)22(24)25/h3-7H,8H2,1-2H3,(H2,19,23)(H,20,21). The number of pyridine rings is 1. The second kappa shape index (κ2) is 7.02. The summed E-state index contributed by atoms with van der Waals surface area (Å²) < 4.78 is 14.2. The van der Waals surface area contributed by atoms with Gasteiger partial charge in [-0.3, -0.25) is 14.9 Å². The summed E-state index contributed by atoms with van der Waals surface area (Å²) in [5.41, 5.74) is 4.48. The van der Waals surface area contributed by atoms with Gasteiger partial charge in [0, 0.05) is 18.0 Å². The van der Waals surface area contributed by atoms with E-state index in [4.69, 9.17) is 17.3 Å². The summed E-state index contributed by atoms with van der Waals surface area (Å²) in [6.07, 6.45) is 1.02. The van der Waals surface area contributed by atoms with E-state index in [1.54, 1.807) is 26.0 Å². The normalized spacial score (nSPS) is 11.2. The number of nitro groups is 1. The second-order valence-electron chi connectivity index (χ2n) is 6.05. The summed E-state index contributed by atoms with van der Waals surface area (Å²) in [6, 6.07) is 5.75. The highest BCUT2D eigenvalue weighted by atomic mass is 35.5. The number of primary amides is 1. The number of anilines is 1. The third kappa shape index (κ3) is 4.03. The number of nitrogens with one attached hydrogen (secondary N) is 1. The van der Waals surface area contributed by atoms with Crippen LogP contribution in [0.1, 0.15) is 29.8 Å². The van der Waals surface area contributed by atoms with E-state index in [2.05, 4.69) is 10.3 Å². The first kappa shape index (κ1) is 18.6. The van der Waals surface area contributed by atoms with Gasteiger partial charge in [0.15, 0.2) is 0 Å². The summed E-state index contributed by atoms with van der Waals surface area (Å²) in [6.45, 7) is 3.75. The lowest BCUT2D eigenvalue weighted by molar-refractivity contribution is -0.385. The maximum absolute atomic E-state index is 14.2. The Morgan fingerprint density at radius 2 is 2.16 bits per heavy atom. The topological polar surface area (TPSA) is 111 Å². The minimum Gasteiger partial charge on any atom is -0.369 e. The van der Waals surface area contributed by atoms with E-state index in [0.29, 0.717) is 5.56 Å². The molecule has 132 valence electrons. The Morgan fingerprint density at radius 3 is 2.76 bits per heavy atom. The molecule has 0 saturated heterocycles. The lowest BCUT2D eigenvalue weighted by Crippen LogP contribution is -2.30. The third-order valence-corrected chi connectivity index (χ3v) is 4.02. The zero-order chi connectivity index (χ0) is 18.8. The van der Waals surface area contributed by atoms with Crippen LogP contribution in [0.5, 0.6) is 0 Å². The number of rotatable bonds is 6. The van der Waals surface area contributed by atoms with Crippen LogP contribution in [-0.2, 0) is 5.41 Å². The fraction of sp³-hybridized carbons (Fsp3) is 0.250. The highest BCUT2D eigenvalue weighted by Gasteiger charge is 2.26. The summed E-state index contributed by atoms with van der Waals surface area (Å²) in [5, 5.41) is 13.7. The number of halogens is 2. The van der Waals surface area contributed by atoms with Crippen LogP contribution in [0.25, 0.3) is 0 Å². The number of amides is 1. The molecular formula is C16H16ClFN4O3. The van der Waals surface area contributed by atoms with Crippen LogP contribution in [0.15, 0.2) is 30.5 Å². The molecule has 1 amide bonds. The smallest absolute Gasteiger partial charge is 0.288 e. The molecule has 0 fully saturated rings. The van der Waals surface area contributed by atoms with Gasteiger partial charge < -0.3 is 11.1 Å². The molecule has 1 heterocycles. The molecule has 0 aliphatic heterocycles. The predicted octanol–water partition coefficient (Wildman–Crippen LogP) is 3.27. The molecule has 1 aromatic heterocycles. The summed E-state index contributed by atoms with van der Waals surface area (Å²) in [7, 11) is 0. The van der Waals surface area contributed by atoms with Gasteiger partial charge in [0.2, 0.25) is 0 Å². The van der Waals surface area contributed by atoms with Gasteiger partial charge in [0.25, 0.3) is 11.6 Å². The molecule has 2 rings (SSSR count). The minimum atomic E-state index is -0.856. The van der Waals surface area contributed by atoms with Crippen molar-refractivity contribution < 1.29 is 14.1 Å². The van der Waals surface area contributed by atoms with Crippen molar-refractivity contribution in [3.63, 3.8) is 0 Å². The average molecular weight is 367 g/mol. The van der Waals surface area contributed by atoms with Crippen LogP contribution in [-0.4, -0.2) is 22.4 Å². The van der Waals surface area contributed by atoms with Crippen LogP contribution < -0.4 is 11.1 Å². The Hall–Kier alpha value is -2.74. The van der Waals surface area contributed by atoms with Crippen LogP contribution in [0.4, 0.5) is 15.9 Å². The van der Waals surface area contributed by atoms with E-state index in [1.807, 2.05) is 0 Å². The van der Waals surface area contributed by atoms with Crippen molar-refractivity contribution in [2.75, 3.05) is 11.9 Å². The highest BCUT2D eigenvalue weighted by Crippen LogP contribution is 2.30. The van der Waals surface area contributed by atoms with E-state index in [1.165, 1.54) is 6.07 Å². The van der Waals surface area contributed by atoms with Crippen LogP contribution >= 0.6 is 11.6 Å². The van der Waals surface area contributed by atoms with Crippen molar-refractivity contribution in [2.45, 2.75) is 19.3 Å². The molecule has 0 spiro atoms. The average Bonchev–Trinajstić information content (AvgIpc) is 2.55. The number of benzene rings is 1. The van der Waals surface area contributed by atoms with Gasteiger partial charge >= 0.3 is 0 Å². The van der Waals surface area contributed by atoms with Crippen LogP contribution in [0, 0.1) is 15.9 Å². The first-order valence-electron chi connectivity index (χ1n) is 7.26. The summed E-state index contributed by atoms with van der Waals surface area (Å²) >= 11 is 5.82. The van der Waals surface area contributed by atoms with Crippen molar-refractivity contribution in [3.8, 4) is 0 Å². The Kier molecular flexibility index (Phi) is 5.22. The number of nitrogens with two attached hydrogens (primary N) is 1. The van der Waals surface area contributed by atoms with Crippen LogP contribution in [0.3, 0.4) is 0 Å². The molecule has 0 atom stereocenters. The van der Waals surface area contributed by atoms with Gasteiger partial charge in [-0.25, -0.2) is 9.37 Å². The molecule has 7 nitrogen and oxygen atoms in total. The number of hydrogen-bond acceptors (Lipinski definition) is 5. The molecule has 9 heteroatoms. The minimum absolute atomic E-state index is 0.0110. The Labute approximate surface area is 148 Å². The monoisotopic (exact) mass is 366 g/mol. The van der Waals surface area contributed by atoms with E-state index in [9.17, 15) is 19.3 Å². The quantitative estimate of drug-likeness (QED) is 0.602. The molecule has 3 N–H and O–H groups in total. The highest BCUT2D eigenvalue weighted by molar-refractivity contribution is 6.30. The molecule has 25 heavy (non-hydrogen) atoms. The first-order chi connectivity index (χ1) is 11.6. The number of aromatic nitrogens is 1. The van der Waals surface area contributed by atoms with E-state index < -0.39 is 22.1 Å².